The average molecular weight is 289 g/mol. The Morgan fingerprint density at radius 2 is 2.05 bits per heavy atom. The number of rotatable bonds is 6. The normalized spacial score (nSPS) is 11.4. The minimum atomic E-state index is -4.60. The fraction of sp³-hybridized carbons (Fsp3) is 0.462. The maximum Gasteiger partial charge on any atom is 0.417 e. The molecule has 0 saturated heterocycles. The Morgan fingerprint density at radius 1 is 1.40 bits per heavy atom. The summed E-state index contributed by atoms with van der Waals surface area (Å²) in [5.41, 5.74) is 3.87. The highest BCUT2D eigenvalue weighted by molar-refractivity contribution is 5.95. The molecule has 0 aliphatic carbocycles. The second-order valence-electron chi connectivity index (χ2n) is 4.47. The number of nitrogens with two attached hydrogens (primary N) is 1. The number of nitrogens with one attached hydrogen (secondary N) is 1. The van der Waals surface area contributed by atoms with Crippen LogP contribution in [0.1, 0.15) is 22.3 Å². The molecule has 3 N–H and O–H groups in total. The minimum absolute atomic E-state index is 0.401. The summed E-state index contributed by atoms with van der Waals surface area (Å²) in [6.07, 6.45) is -3.81. The fourth-order valence-corrected chi connectivity index (χ4v) is 1.84. The Bertz CT molecular complexity index is 474. The van der Waals surface area contributed by atoms with Gasteiger partial charge in [0.15, 0.2) is 0 Å². The molecule has 0 saturated carbocycles. The number of carbonyl (C=O) groups is 1. The summed E-state index contributed by atoms with van der Waals surface area (Å²) in [7, 11) is 3.51. The summed E-state index contributed by atoms with van der Waals surface area (Å²) in [5.74, 6) is -1.08. The molecule has 0 fully saturated rings. The maximum absolute atomic E-state index is 12.9. The van der Waals surface area contributed by atoms with Gasteiger partial charge in [0.1, 0.15) is 0 Å². The average Bonchev–Trinajstić information content (AvgIpc) is 2.37. The molecule has 0 aromatic heterocycles. The first kappa shape index (κ1) is 16.3. The second kappa shape index (κ2) is 6.60. The molecule has 0 radical (unpaired) electrons. The standard InChI is InChI=1S/C13H18F3N3O/c1-18-6-3-7-19(2)9-4-5-10(12(17)20)11(8-9)13(14,15)16/h4-5,8,18H,3,6-7H2,1-2H3,(H2,17,20). The summed E-state index contributed by atoms with van der Waals surface area (Å²) in [5, 5.41) is 2.97. The van der Waals surface area contributed by atoms with Crippen LogP contribution in [0.5, 0.6) is 0 Å². The molecular formula is C13H18F3N3O. The van der Waals surface area contributed by atoms with Gasteiger partial charge in [0.25, 0.3) is 0 Å². The van der Waals surface area contributed by atoms with Gasteiger partial charge in [-0.2, -0.15) is 13.2 Å². The number of carbonyl (C=O) groups excluding carboxylic acids is 1. The third-order valence-corrected chi connectivity index (χ3v) is 2.94. The van der Waals surface area contributed by atoms with E-state index in [0.29, 0.717) is 12.2 Å². The van der Waals surface area contributed by atoms with Crippen molar-refractivity contribution in [3.8, 4) is 0 Å². The van der Waals surface area contributed by atoms with E-state index in [1.54, 1.807) is 11.9 Å². The number of benzene rings is 1. The highest BCUT2D eigenvalue weighted by Gasteiger charge is 2.35. The summed E-state index contributed by atoms with van der Waals surface area (Å²) < 4.78 is 38.8. The number of anilines is 1. The van der Waals surface area contributed by atoms with E-state index in [-0.39, 0.29) is 0 Å². The number of nitrogens with zero attached hydrogens (tertiary/aromatic N) is 1. The van der Waals surface area contributed by atoms with E-state index in [1.165, 1.54) is 6.07 Å². The summed E-state index contributed by atoms with van der Waals surface area (Å²) in [6, 6.07) is 3.54. The van der Waals surface area contributed by atoms with E-state index < -0.39 is 23.2 Å². The molecule has 112 valence electrons. The van der Waals surface area contributed by atoms with E-state index in [9.17, 15) is 18.0 Å². The third kappa shape index (κ3) is 4.12. The van der Waals surface area contributed by atoms with Gasteiger partial charge in [0.2, 0.25) is 5.91 Å². The zero-order valence-corrected chi connectivity index (χ0v) is 11.4. The molecule has 0 bridgehead atoms. The lowest BCUT2D eigenvalue weighted by molar-refractivity contribution is -0.137. The predicted octanol–water partition coefficient (Wildman–Crippen LogP) is 1.85. The van der Waals surface area contributed by atoms with E-state index in [0.717, 1.165) is 25.1 Å². The van der Waals surface area contributed by atoms with Crippen molar-refractivity contribution < 1.29 is 18.0 Å². The molecule has 0 unspecified atom stereocenters. The summed E-state index contributed by atoms with van der Waals surface area (Å²) >= 11 is 0. The largest absolute Gasteiger partial charge is 0.417 e. The number of alkyl halides is 3. The third-order valence-electron chi connectivity index (χ3n) is 2.94. The van der Waals surface area contributed by atoms with Crippen LogP contribution in [0.3, 0.4) is 0 Å². The first-order valence-corrected chi connectivity index (χ1v) is 6.14. The number of hydrogen-bond acceptors (Lipinski definition) is 3. The van der Waals surface area contributed by atoms with Gasteiger partial charge in [-0.15, -0.1) is 0 Å². The SMILES string of the molecule is CNCCCN(C)c1ccc(C(N)=O)c(C(F)(F)F)c1. The van der Waals surface area contributed by atoms with E-state index >= 15 is 0 Å². The van der Waals surface area contributed by atoms with Crippen molar-refractivity contribution in [1.29, 1.82) is 0 Å². The molecule has 1 rings (SSSR count). The first-order chi connectivity index (χ1) is 9.27. The van der Waals surface area contributed by atoms with Gasteiger partial charge in [0, 0.05) is 19.3 Å². The van der Waals surface area contributed by atoms with Gasteiger partial charge >= 0.3 is 6.18 Å². The van der Waals surface area contributed by atoms with Crippen LogP contribution in [0.15, 0.2) is 18.2 Å². The lowest BCUT2D eigenvalue weighted by atomic mass is 10.0. The van der Waals surface area contributed by atoms with E-state index in [1.807, 2.05) is 7.05 Å². The van der Waals surface area contributed by atoms with Crippen molar-refractivity contribution in [3.05, 3.63) is 29.3 Å². The Morgan fingerprint density at radius 3 is 2.55 bits per heavy atom. The van der Waals surface area contributed by atoms with Crippen molar-refractivity contribution in [1.82, 2.24) is 5.32 Å². The zero-order chi connectivity index (χ0) is 15.3. The van der Waals surface area contributed by atoms with Crippen molar-refractivity contribution >= 4 is 11.6 Å². The smallest absolute Gasteiger partial charge is 0.375 e. The minimum Gasteiger partial charge on any atom is -0.375 e. The molecule has 0 aliphatic rings. The predicted molar refractivity (Wildman–Crippen MR) is 71.8 cm³/mol. The fourth-order valence-electron chi connectivity index (χ4n) is 1.84. The van der Waals surface area contributed by atoms with Crippen LogP contribution in [-0.2, 0) is 6.18 Å². The Balaban J connectivity index is 3.03. The van der Waals surface area contributed by atoms with Gasteiger partial charge < -0.3 is 16.0 Å². The monoisotopic (exact) mass is 289 g/mol. The van der Waals surface area contributed by atoms with Crippen LogP contribution >= 0.6 is 0 Å². The quantitative estimate of drug-likeness (QED) is 0.786. The van der Waals surface area contributed by atoms with E-state index in [2.05, 4.69) is 5.32 Å². The molecule has 20 heavy (non-hydrogen) atoms. The number of primary amides is 1. The molecule has 4 nitrogen and oxygen atoms in total. The maximum atomic E-state index is 12.9. The topological polar surface area (TPSA) is 58.4 Å². The van der Waals surface area contributed by atoms with Gasteiger partial charge in [-0.05, 0) is 38.2 Å². The van der Waals surface area contributed by atoms with Gasteiger partial charge in [-0.1, -0.05) is 0 Å². The molecule has 7 heteroatoms. The highest BCUT2D eigenvalue weighted by atomic mass is 19.4. The molecule has 0 aliphatic heterocycles. The molecule has 0 atom stereocenters. The van der Waals surface area contributed by atoms with Gasteiger partial charge in [-0.3, -0.25) is 4.79 Å². The van der Waals surface area contributed by atoms with Gasteiger partial charge in [-0.25, -0.2) is 0 Å². The molecule has 1 aromatic carbocycles. The van der Waals surface area contributed by atoms with Crippen LogP contribution in [-0.4, -0.2) is 33.1 Å². The van der Waals surface area contributed by atoms with Crippen LogP contribution < -0.4 is 16.0 Å². The molecular weight excluding hydrogens is 271 g/mol. The van der Waals surface area contributed by atoms with Crippen LogP contribution in [0.2, 0.25) is 0 Å². The lowest BCUT2D eigenvalue weighted by Gasteiger charge is -2.21. The lowest BCUT2D eigenvalue weighted by Crippen LogP contribution is -2.24. The Hall–Kier alpha value is -1.76. The van der Waals surface area contributed by atoms with E-state index in [4.69, 9.17) is 5.73 Å². The second-order valence-corrected chi connectivity index (χ2v) is 4.47. The van der Waals surface area contributed by atoms with Crippen LogP contribution in [0.4, 0.5) is 18.9 Å². The van der Waals surface area contributed by atoms with Crippen LogP contribution in [0, 0.1) is 0 Å². The molecule has 0 spiro atoms. The Labute approximate surface area is 115 Å². The number of halogens is 3. The zero-order valence-electron chi connectivity index (χ0n) is 11.4. The molecule has 1 amide bonds. The van der Waals surface area contributed by atoms with Crippen molar-refractivity contribution in [2.45, 2.75) is 12.6 Å². The number of hydrogen-bond donors (Lipinski definition) is 2. The van der Waals surface area contributed by atoms with Crippen molar-refractivity contribution in [2.75, 3.05) is 32.1 Å². The first-order valence-electron chi connectivity index (χ1n) is 6.14. The van der Waals surface area contributed by atoms with Crippen molar-refractivity contribution in [3.63, 3.8) is 0 Å². The number of amides is 1. The van der Waals surface area contributed by atoms with Gasteiger partial charge in [0.05, 0.1) is 11.1 Å². The highest BCUT2D eigenvalue weighted by Crippen LogP contribution is 2.34. The summed E-state index contributed by atoms with van der Waals surface area (Å²) in [6.45, 7) is 1.38. The summed E-state index contributed by atoms with van der Waals surface area (Å²) in [4.78, 5) is 12.8. The molecule has 0 heterocycles. The van der Waals surface area contributed by atoms with Crippen molar-refractivity contribution in [2.24, 2.45) is 5.73 Å². The van der Waals surface area contributed by atoms with Crippen LogP contribution in [0.25, 0.3) is 0 Å². The Kier molecular flexibility index (Phi) is 5.38. The molecule has 1 aromatic rings.